The summed E-state index contributed by atoms with van der Waals surface area (Å²) in [5.41, 5.74) is 6.67. The minimum atomic E-state index is -0.656. The maximum atomic E-state index is 12.0. The number of oxime groups is 1. The number of carbonyl (C=O) groups excluding carboxylic acids is 1. The molecule has 0 spiro atoms. The van der Waals surface area contributed by atoms with E-state index < -0.39 is 5.97 Å². The van der Waals surface area contributed by atoms with E-state index >= 15 is 0 Å². The number of methoxy groups -OCH3 is 2. The maximum Gasteiger partial charge on any atom is 0.366 e. The summed E-state index contributed by atoms with van der Waals surface area (Å²) in [6.07, 6.45) is 0. The fraction of sp³-hybridized carbons (Fsp3) is 0.125. The Balaban J connectivity index is 2.15. The first-order valence-corrected chi connectivity index (χ1v) is 6.47. The summed E-state index contributed by atoms with van der Waals surface area (Å²) in [6, 6.07) is 13.7. The van der Waals surface area contributed by atoms with Crippen molar-refractivity contribution in [3.8, 4) is 11.5 Å². The Hall–Kier alpha value is -3.02. The van der Waals surface area contributed by atoms with Crippen LogP contribution in [0.5, 0.6) is 11.5 Å². The van der Waals surface area contributed by atoms with Gasteiger partial charge in [0.15, 0.2) is 5.84 Å². The quantitative estimate of drug-likeness (QED) is 0.396. The molecule has 0 aliphatic carbocycles. The maximum absolute atomic E-state index is 12.0. The molecule has 6 heteroatoms. The van der Waals surface area contributed by atoms with E-state index in [0.29, 0.717) is 17.1 Å². The average molecular weight is 300 g/mol. The molecule has 0 aliphatic heterocycles. The molecule has 0 fully saturated rings. The molecule has 2 aromatic carbocycles. The van der Waals surface area contributed by atoms with Crippen molar-refractivity contribution in [2.75, 3.05) is 14.2 Å². The number of rotatable bonds is 5. The third kappa shape index (κ3) is 3.76. The second kappa shape index (κ2) is 7.12. The Labute approximate surface area is 128 Å². The largest absolute Gasteiger partial charge is 0.497 e. The zero-order chi connectivity index (χ0) is 15.9. The molecule has 0 aliphatic rings. The fourth-order valence-electron chi connectivity index (χ4n) is 1.73. The molecular weight excluding hydrogens is 284 g/mol. The predicted octanol–water partition coefficient (Wildman–Crippen LogP) is 2.18. The molecular formula is C16H16N2O4. The van der Waals surface area contributed by atoms with Crippen LogP contribution < -0.4 is 15.2 Å². The topological polar surface area (TPSA) is 83.1 Å². The Bertz CT molecular complexity index is 662. The third-order valence-electron chi connectivity index (χ3n) is 2.88. The van der Waals surface area contributed by atoms with Gasteiger partial charge in [0.2, 0.25) is 0 Å². The standard InChI is InChI=1S/C16H16N2O4/c1-20-13-8-12(9-14(10-13)21-2)16(19)22-18-15(17)11-6-4-3-5-7-11/h3-10H,1-2H3,(H2,17,18). The van der Waals surface area contributed by atoms with Crippen molar-refractivity contribution in [2.45, 2.75) is 0 Å². The average Bonchev–Trinajstić information content (AvgIpc) is 2.59. The molecule has 114 valence electrons. The Morgan fingerprint density at radius 1 is 0.955 bits per heavy atom. The molecule has 2 N–H and O–H groups in total. The molecule has 0 unspecified atom stereocenters. The monoisotopic (exact) mass is 300 g/mol. The van der Waals surface area contributed by atoms with Gasteiger partial charge in [-0.05, 0) is 12.1 Å². The molecule has 0 amide bonds. The zero-order valence-electron chi connectivity index (χ0n) is 12.3. The van der Waals surface area contributed by atoms with Crippen LogP contribution in [0.1, 0.15) is 15.9 Å². The number of hydrogen-bond acceptors (Lipinski definition) is 5. The molecule has 0 bridgehead atoms. The lowest BCUT2D eigenvalue weighted by atomic mass is 10.2. The van der Waals surface area contributed by atoms with Gasteiger partial charge in [0.25, 0.3) is 0 Å². The van der Waals surface area contributed by atoms with Crippen LogP contribution in [0.4, 0.5) is 0 Å². The van der Waals surface area contributed by atoms with Gasteiger partial charge in [-0.1, -0.05) is 35.5 Å². The van der Waals surface area contributed by atoms with Gasteiger partial charge in [0, 0.05) is 11.6 Å². The highest BCUT2D eigenvalue weighted by molar-refractivity contribution is 5.98. The number of benzene rings is 2. The van der Waals surface area contributed by atoms with Crippen molar-refractivity contribution < 1.29 is 19.1 Å². The summed E-state index contributed by atoms with van der Waals surface area (Å²) in [4.78, 5) is 16.9. The van der Waals surface area contributed by atoms with E-state index in [2.05, 4.69) is 5.16 Å². The predicted molar refractivity (Wildman–Crippen MR) is 82.1 cm³/mol. The highest BCUT2D eigenvalue weighted by Gasteiger charge is 2.12. The van der Waals surface area contributed by atoms with Crippen LogP contribution >= 0.6 is 0 Å². The molecule has 2 aromatic rings. The minimum absolute atomic E-state index is 0.115. The zero-order valence-corrected chi connectivity index (χ0v) is 12.3. The third-order valence-corrected chi connectivity index (χ3v) is 2.88. The van der Waals surface area contributed by atoms with E-state index in [4.69, 9.17) is 20.0 Å². The lowest BCUT2D eigenvalue weighted by Gasteiger charge is -2.06. The number of ether oxygens (including phenoxy) is 2. The van der Waals surface area contributed by atoms with Crippen LogP contribution in [0.2, 0.25) is 0 Å². The van der Waals surface area contributed by atoms with Gasteiger partial charge in [-0.3, -0.25) is 0 Å². The van der Waals surface area contributed by atoms with E-state index in [-0.39, 0.29) is 11.4 Å². The Morgan fingerprint density at radius 3 is 2.09 bits per heavy atom. The summed E-state index contributed by atoms with van der Waals surface area (Å²) in [5.74, 6) is 0.414. The molecule has 0 saturated heterocycles. The van der Waals surface area contributed by atoms with Crippen LogP contribution in [0, 0.1) is 0 Å². The normalized spacial score (nSPS) is 10.9. The highest BCUT2D eigenvalue weighted by atomic mass is 16.7. The van der Waals surface area contributed by atoms with Crippen molar-refractivity contribution >= 4 is 11.8 Å². The molecule has 0 radical (unpaired) electrons. The number of hydrogen-bond donors (Lipinski definition) is 1. The number of amidine groups is 1. The Kier molecular flexibility index (Phi) is 4.98. The summed E-state index contributed by atoms with van der Waals surface area (Å²) in [7, 11) is 2.99. The van der Waals surface area contributed by atoms with Gasteiger partial charge in [-0.2, -0.15) is 0 Å². The Morgan fingerprint density at radius 2 is 1.55 bits per heavy atom. The summed E-state index contributed by atoms with van der Waals surface area (Å²) in [5, 5.41) is 3.64. The second-order valence-corrected chi connectivity index (χ2v) is 4.32. The van der Waals surface area contributed by atoms with E-state index in [1.165, 1.54) is 26.4 Å². The van der Waals surface area contributed by atoms with Crippen molar-refractivity contribution in [1.82, 2.24) is 0 Å². The molecule has 6 nitrogen and oxygen atoms in total. The van der Waals surface area contributed by atoms with E-state index in [1.54, 1.807) is 18.2 Å². The fourth-order valence-corrected chi connectivity index (χ4v) is 1.73. The van der Waals surface area contributed by atoms with E-state index in [9.17, 15) is 4.79 Å². The van der Waals surface area contributed by atoms with Gasteiger partial charge in [-0.25, -0.2) is 4.79 Å². The number of carbonyl (C=O) groups is 1. The smallest absolute Gasteiger partial charge is 0.366 e. The lowest BCUT2D eigenvalue weighted by Crippen LogP contribution is -2.15. The van der Waals surface area contributed by atoms with Gasteiger partial charge in [-0.15, -0.1) is 0 Å². The highest BCUT2D eigenvalue weighted by Crippen LogP contribution is 2.23. The summed E-state index contributed by atoms with van der Waals surface area (Å²) < 4.78 is 10.2. The van der Waals surface area contributed by atoms with E-state index in [1.807, 2.05) is 18.2 Å². The van der Waals surface area contributed by atoms with Gasteiger partial charge in [0.05, 0.1) is 19.8 Å². The van der Waals surface area contributed by atoms with Gasteiger partial charge < -0.3 is 20.0 Å². The van der Waals surface area contributed by atoms with Crippen molar-refractivity contribution in [1.29, 1.82) is 0 Å². The van der Waals surface area contributed by atoms with Crippen molar-refractivity contribution in [3.63, 3.8) is 0 Å². The van der Waals surface area contributed by atoms with Crippen molar-refractivity contribution in [2.24, 2.45) is 10.9 Å². The molecule has 0 saturated carbocycles. The molecule has 0 heterocycles. The minimum Gasteiger partial charge on any atom is -0.497 e. The van der Waals surface area contributed by atoms with Gasteiger partial charge in [0.1, 0.15) is 11.5 Å². The van der Waals surface area contributed by atoms with Crippen LogP contribution in [0.15, 0.2) is 53.7 Å². The molecule has 2 rings (SSSR count). The van der Waals surface area contributed by atoms with Crippen LogP contribution in [-0.2, 0) is 4.84 Å². The lowest BCUT2D eigenvalue weighted by molar-refractivity contribution is 0.0515. The van der Waals surface area contributed by atoms with Crippen LogP contribution in [0.3, 0.4) is 0 Å². The number of nitrogens with two attached hydrogens (primary N) is 1. The SMILES string of the molecule is COc1cc(OC)cc(C(=O)O/N=C(/N)c2ccccc2)c1. The number of nitrogens with zero attached hydrogens (tertiary/aromatic N) is 1. The van der Waals surface area contributed by atoms with E-state index in [0.717, 1.165) is 0 Å². The van der Waals surface area contributed by atoms with Crippen LogP contribution in [0.25, 0.3) is 0 Å². The summed E-state index contributed by atoms with van der Waals surface area (Å²) >= 11 is 0. The molecule has 22 heavy (non-hydrogen) atoms. The molecule has 0 atom stereocenters. The summed E-state index contributed by atoms with van der Waals surface area (Å²) in [6.45, 7) is 0. The second-order valence-electron chi connectivity index (χ2n) is 4.32. The van der Waals surface area contributed by atoms with Crippen molar-refractivity contribution in [3.05, 3.63) is 59.7 Å². The first-order valence-electron chi connectivity index (χ1n) is 6.47. The first kappa shape index (κ1) is 15.4. The first-order chi connectivity index (χ1) is 10.6. The van der Waals surface area contributed by atoms with Crippen LogP contribution in [-0.4, -0.2) is 26.0 Å². The molecule has 0 aromatic heterocycles. The van der Waals surface area contributed by atoms with Gasteiger partial charge >= 0.3 is 5.97 Å².